The summed E-state index contributed by atoms with van der Waals surface area (Å²) in [4.78, 5) is 31.1. The van der Waals surface area contributed by atoms with Gasteiger partial charge in [-0.05, 0) is 27.6 Å². The number of hydrogen-bond donors (Lipinski definition) is 0. The normalized spacial score (nSPS) is 13.5. The number of nitrogens with zero attached hydrogens (tertiary/aromatic N) is 3. The molecular weight excluding hydrogens is 466 g/mol. The minimum absolute atomic E-state index is 0.0132. The van der Waals surface area contributed by atoms with Crippen molar-refractivity contribution >= 4 is 33.6 Å². The summed E-state index contributed by atoms with van der Waals surface area (Å²) in [7, 11) is 3.25. The van der Waals surface area contributed by atoms with Crippen LogP contribution >= 0.6 is 15.9 Å². The fourth-order valence-corrected chi connectivity index (χ4v) is 3.64. The summed E-state index contributed by atoms with van der Waals surface area (Å²) >= 11 is 3.48. The van der Waals surface area contributed by atoms with Crippen molar-refractivity contribution in [3.05, 3.63) is 68.7 Å². The van der Waals surface area contributed by atoms with Crippen LogP contribution in [0.3, 0.4) is 0 Å². The quantitative estimate of drug-likeness (QED) is 0.509. The molecule has 0 bridgehead atoms. The Morgan fingerprint density at radius 3 is 2.52 bits per heavy atom. The third kappa shape index (κ3) is 5.49. The van der Waals surface area contributed by atoms with Gasteiger partial charge in [-0.15, -0.1) is 0 Å². The van der Waals surface area contributed by atoms with Crippen molar-refractivity contribution in [3.8, 4) is 5.75 Å². The number of halogens is 1. The fourth-order valence-electron chi connectivity index (χ4n) is 3.13. The molecule has 1 fully saturated rings. The van der Waals surface area contributed by atoms with E-state index in [2.05, 4.69) is 30.6 Å². The number of rotatable bonds is 5. The van der Waals surface area contributed by atoms with Crippen molar-refractivity contribution in [2.75, 3.05) is 45.4 Å². The number of aromatic nitrogens is 2. The number of hydrogen-bond acceptors (Lipinski definition) is 7. The van der Waals surface area contributed by atoms with Gasteiger partial charge in [-0.25, -0.2) is 4.98 Å². The zero-order valence-corrected chi connectivity index (χ0v) is 19.0. The zero-order valence-electron chi connectivity index (χ0n) is 17.4. The van der Waals surface area contributed by atoms with Gasteiger partial charge in [0.05, 0.1) is 23.4 Å². The average molecular weight is 490 g/mol. The number of anilines is 1. The Morgan fingerprint density at radius 1 is 1.19 bits per heavy atom. The van der Waals surface area contributed by atoms with Crippen LogP contribution in [0.2, 0.25) is 0 Å². The van der Waals surface area contributed by atoms with Gasteiger partial charge in [0, 0.05) is 33.5 Å². The smallest absolute Gasteiger partial charge is 0.301 e. The first-order valence-electron chi connectivity index (χ1n) is 9.69. The number of methoxy groups -OCH3 is 1. The molecule has 0 aliphatic carbocycles. The van der Waals surface area contributed by atoms with Crippen LogP contribution in [0.25, 0.3) is 5.65 Å². The zero-order chi connectivity index (χ0) is 22.2. The molecule has 0 radical (unpaired) electrons. The highest BCUT2D eigenvalue weighted by Gasteiger charge is 2.19. The molecule has 1 aliphatic heterocycles. The minimum atomic E-state index is -0.418. The summed E-state index contributed by atoms with van der Waals surface area (Å²) in [5, 5.41) is 0. The van der Waals surface area contributed by atoms with E-state index >= 15 is 0 Å². The first-order chi connectivity index (χ1) is 15.1. The van der Waals surface area contributed by atoms with Crippen LogP contribution in [0.5, 0.6) is 5.75 Å². The summed E-state index contributed by atoms with van der Waals surface area (Å²) in [6, 6.07) is 11.3. The van der Waals surface area contributed by atoms with Gasteiger partial charge in [-0.3, -0.25) is 14.0 Å². The first kappa shape index (κ1) is 22.9. The van der Waals surface area contributed by atoms with Gasteiger partial charge in [0.15, 0.2) is 17.6 Å². The molecule has 0 N–H and O–H groups in total. The Morgan fingerprint density at radius 2 is 1.87 bits per heavy atom. The second-order valence-corrected chi connectivity index (χ2v) is 7.63. The number of fused-ring (bicyclic) bond motifs is 1. The summed E-state index contributed by atoms with van der Waals surface area (Å²) in [5.74, 6) is -0.0534. The molecule has 1 aliphatic rings. The van der Waals surface area contributed by atoms with E-state index in [4.69, 9.17) is 9.47 Å². The van der Waals surface area contributed by atoms with Gasteiger partial charge in [0.2, 0.25) is 5.75 Å². The molecule has 1 aromatic carbocycles. The number of pyridine rings is 1. The SMILES string of the molecule is COC.O=Cc1nc2c(Br)cc(N3CCOCC3)cn2c(=O)c1OCc1ccccc1. The molecule has 0 unspecified atom stereocenters. The van der Waals surface area contributed by atoms with E-state index in [9.17, 15) is 9.59 Å². The van der Waals surface area contributed by atoms with E-state index in [1.165, 1.54) is 4.40 Å². The standard InChI is InChI=1S/C20H18BrN3O4.C2H6O/c21-16-10-15(23-6-8-27-9-7-23)11-24-19(16)22-17(12-25)18(20(24)26)28-13-14-4-2-1-3-5-14;1-3-2/h1-5,10-12H,6-9,13H2;1-2H3. The Hall–Kier alpha value is -2.75. The molecule has 31 heavy (non-hydrogen) atoms. The molecule has 2 aromatic heterocycles. The minimum Gasteiger partial charge on any atom is -0.481 e. The average Bonchev–Trinajstić information content (AvgIpc) is 2.80. The molecule has 4 rings (SSSR count). The third-order valence-corrected chi connectivity index (χ3v) is 5.15. The van der Waals surface area contributed by atoms with Crippen LogP contribution in [0.15, 0.2) is 51.9 Å². The van der Waals surface area contributed by atoms with Crippen molar-refractivity contribution in [1.82, 2.24) is 9.38 Å². The van der Waals surface area contributed by atoms with Crippen LogP contribution in [0.1, 0.15) is 16.1 Å². The van der Waals surface area contributed by atoms with E-state index in [0.29, 0.717) is 29.6 Å². The summed E-state index contributed by atoms with van der Waals surface area (Å²) in [6.07, 6.45) is 2.27. The summed E-state index contributed by atoms with van der Waals surface area (Å²) in [6.45, 7) is 2.93. The molecule has 0 amide bonds. The molecule has 0 spiro atoms. The number of aldehydes is 1. The Balaban J connectivity index is 0.000000858. The van der Waals surface area contributed by atoms with Crippen molar-refractivity contribution < 1.29 is 19.0 Å². The van der Waals surface area contributed by atoms with Crippen LogP contribution in [0.4, 0.5) is 5.69 Å². The number of carbonyl (C=O) groups is 1. The molecule has 8 nitrogen and oxygen atoms in total. The first-order valence-corrected chi connectivity index (χ1v) is 10.5. The second-order valence-electron chi connectivity index (χ2n) is 6.77. The van der Waals surface area contributed by atoms with E-state index in [1.54, 1.807) is 20.4 Å². The lowest BCUT2D eigenvalue weighted by molar-refractivity contribution is 0.111. The van der Waals surface area contributed by atoms with Crippen molar-refractivity contribution in [2.24, 2.45) is 0 Å². The maximum Gasteiger partial charge on any atom is 0.301 e. The topological polar surface area (TPSA) is 82.4 Å². The lowest BCUT2D eigenvalue weighted by atomic mass is 10.2. The highest BCUT2D eigenvalue weighted by Crippen LogP contribution is 2.25. The van der Waals surface area contributed by atoms with Gasteiger partial charge < -0.3 is 19.1 Å². The van der Waals surface area contributed by atoms with Gasteiger partial charge in [-0.2, -0.15) is 0 Å². The van der Waals surface area contributed by atoms with Crippen molar-refractivity contribution in [2.45, 2.75) is 6.61 Å². The summed E-state index contributed by atoms with van der Waals surface area (Å²) in [5.41, 5.74) is 1.71. The van der Waals surface area contributed by atoms with Crippen LogP contribution in [-0.2, 0) is 16.1 Å². The van der Waals surface area contributed by atoms with Crippen LogP contribution in [0, 0.1) is 0 Å². The predicted molar refractivity (Wildman–Crippen MR) is 121 cm³/mol. The molecular formula is C22H24BrN3O5. The highest BCUT2D eigenvalue weighted by molar-refractivity contribution is 9.10. The van der Waals surface area contributed by atoms with Gasteiger partial charge in [0.1, 0.15) is 6.61 Å². The molecule has 0 atom stereocenters. The van der Waals surface area contributed by atoms with E-state index in [1.807, 2.05) is 36.4 Å². The Bertz CT molecular complexity index is 1080. The summed E-state index contributed by atoms with van der Waals surface area (Å²) < 4.78 is 17.4. The van der Waals surface area contributed by atoms with Gasteiger partial charge in [0.25, 0.3) is 0 Å². The van der Waals surface area contributed by atoms with E-state index in [0.717, 1.165) is 24.3 Å². The number of carbonyl (C=O) groups excluding carboxylic acids is 1. The molecule has 9 heteroatoms. The lowest BCUT2D eigenvalue weighted by Crippen LogP contribution is -2.36. The Labute approximate surface area is 188 Å². The second kappa shape index (κ2) is 11.0. The van der Waals surface area contributed by atoms with Crippen molar-refractivity contribution in [3.63, 3.8) is 0 Å². The van der Waals surface area contributed by atoms with Gasteiger partial charge in [-0.1, -0.05) is 30.3 Å². The van der Waals surface area contributed by atoms with E-state index in [-0.39, 0.29) is 18.1 Å². The maximum absolute atomic E-state index is 13.1. The lowest BCUT2D eigenvalue weighted by Gasteiger charge is -2.29. The fraction of sp³-hybridized carbons (Fsp3) is 0.318. The van der Waals surface area contributed by atoms with E-state index < -0.39 is 5.56 Å². The number of benzene rings is 1. The Kier molecular flexibility index (Phi) is 8.16. The molecule has 1 saturated heterocycles. The third-order valence-electron chi connectivity index (χ3n) is 4.56. The molecule has 164 valence electrons. The monoisotopic (exact) mass is 489 g/mol. The van der Waals surface area contributed by atoms with Gasteiger partial charge >= 0.3 is 5.56 Å². The maximum atomic E-state index is 13.1. The van der Waals surface area contributed by atoms with Crippen LogP contribution in [-0.4, -0.2) is 56.2 Å². The number of ether oxygens (including phenoxy) is 3. The molecule has 3 heterocycles. The van der Waals surface area contributed by atoms with Crippen molar-refractivity contribution in [1.29, 1.82) is 0 Å². The largest absolute Gasteiger partial charge is 0.481 e. The van der Waals surface area contributed by atoms with Crippen LogP contribution < -0.4 is 15.2 Å². The molecule has 3 aromatic rings. The molecule has 0 saturated carbocycles. The predicted octanol–water partition coefficient (Wildman–Crippen LogP) is 2.95. The number of morpholine rings is 1. The highest BCUT2D eigenvalue weighted by atomic mass is 79.9.